The fourth-order valence-corrected chi connectivity index (χ4v) is 5.90. The van der Waals surface area contributed by atoms with Gasteiger partial charge in [-0.05, 0) is 56.7 Å². The van der Waals surface area contributed by atoms with Gasteiger partial charge in [0.15, 0.2) is 16.7 Å². The van der Waals surface area contributed by atoms with Gasteiger partial charge in [-0.15, -0.1) is 0 Å². The molecule has 1 aliphatic rings. The summed E-state index contributed by atoms with van der Waals surface area (Å²) in [7, 11) is 4.72. The van der Waals surface area contributed by atoms with E-state index in [-0.39, 0.29) is 11.9 Å². The van der Waals surface area contributed by atoms with E-state index in [0.29, 0.717) is 33.7 Å². The number of aliphatic imine (C=N–C) groups is 1. The lowest BCUT2D eigenvalue weighted by molar-refractivity contribution is 0.0830. The van der Waals surface area contributed by atoms with E-state index in [1.54, 1.807) is 33.1 Å². The van der Waals surface area contributed by atoms with Crippen molar-refractivity contribution in [3.05, 3.63) is 77.4 Å². The van der Waals surface area contributed by atoms with Crippen LogP contribution >= 0.6 is 11.8 Å². The van der Waals surface area contributed by atoms with Gasteiger partial charge in [-0.1, -0.05) is 47.7 Å². The molecule has 4 aromatic rings. The van der Waals surface area contributed by atoms with Gasteiger partial charge >= 0.3 is 0 Å². The average Bonchev–Trinajstić information content (AvgIpc) is 3.32. The number of thioether (sulfide) groups is 1. The minimum absolute atomic E-state index is 0.0106. The maximum atomic E-state index is 14.3. The first-order valence-electron chi connectivity index (χ1n) is 12.7. The molecule has 1 amide bonds. The van der Waals surface area contributed by atoms with Crippen molar-refractivity contribution in [1.82, 2.24) is 9.88 Å². The molecule has 2 heterocycles. The van der Waals surface area contributed by atoms with E-state index in [4.69, 9.17) is 24.2 Å². The number of rotatable bonds is 6. The molecule has 1 aliphatic heterocycles. The predicted octanol–water partition coefficient (Wildman–Crippen LogP) is 6.81. The van der Waals surface area contributed by atoms with Crippen molar-refractivity contribution in [1.29, 1.82) is 0 Å². The smallest absolute Gasteiger partial charge is 0.260 e. The molecule has 1 fully saturated rings. The van der Waals surface area contributed by atoms with E-state index in [1.807, 2.05) is 66.4 Å². The van der Waals surface area contributed by atoms with E-state index in [1.165, 1.54) is 5.56 Å². The molecular formula is C31H31N3O4S. The number of hydrogen-bond acceptors (Lipinski definition) is 7. The fourth-order valence-electron chi connectivity index (χ4n) is 4.79. The molecule has 0 aliphatic carbocycles. The number of ether oxygens (including phenoxy) is 3. The van der Waals surface area contributed by atoms with Gasteiger partial charge in [-0.25, -0.2) is 9.98 Å². The van der Waals surface area contributed by atoms with Crippen LogP contribution in [0.15, 0.2) is 65.7 Å². The monoisotopic (exact) mass is 541 g/mol. The van der Waals surface area contributed by atoms with Crippen molar-refractivity contribution in [2.45, 2.75) is 26.8 Å². The third kappa shape index (κ3) is 5.04. The lowest BCUT2D eigenvalue weighted by Crippen LogP contribution is -2.37. The first-order valence-corrected chi connectivity index (χ1v) is 13.7. The number of fused-ring (bicyclic) bond motifs is 1. The molecule has 0 unspecified atom stereocenters. The molecule has 1 atom stereocenters. The van der Waals surface area contributed by atoms with Gasteiger partial charge in [0.2, 0.25) is 5.75 Å². The Morgan fingerprint density at radius 1 is 0.974 bits per heavy atom. The van der Waals surface area contributed by atoms with Crippen molar-refractivity contribution in [2.75, 3.05) is 27.1 Å². The Morgan fingerprint density at radius 3 is 2.36 bits per heavy atom. The number of para-hydroxylation sites is 1. The van der Waals surface area contributed by atoms with E-state index in [0.717, 1.165) is 33.5 Å². The van der Waals surface area contributed by atoms with Gasteiger partial charge in [0.1, 0.15) is 0 Å². The Labute approximate surface area is 232 Å². The molecule has 1 saturated heterocycles. The first kappa shape index (κ1) is 26.6. The van der Waals surface area contributed by atoms with Crippen LogP contribution in [0.3, 0.4) is 0 Å². The number of amides is 1. The molecule has 0 bridgehead atoms. The number of benzene rings is 3. The van der Waals surface area contributed by atoms with Crippen LogP contribution in [0, 0.1) is 13.8 Å². The summed E-state index contributed by atoms with van der Waals surface area (Å²) in [6.45, 7) is 6.16. The van der Waals surface area contributed by atoms with Gasteiger partial charge < -0.3 is 14.2 Å². The molecule has 0 spiro atoms. The number of pyridine rings is 1. The number of amidine groups is 1. The van der Waals surface area contributed by atoms with Gasteiger partial charge in [-0.3, -0.25) is 9.69 Å². The third-order valence-electron chi connectivity index (χ3n) is 6.79. The second kappa shape index (κ2) is 11.0. The second-order valence-corrected chi connectivity index (χ2v) is 10.5. The van der Waals surface area contributed by atoms with Gasteiger partial charge in [0.25, 0.3) is 5.91 Å². The molecule has 5 rings (SSSR count). The van der Waals surface area contributed by atoms with Crippen molar-refractivity contribution in [3.63, 3.8) is 0 Å². The molecule has 3 aromatic carbocycles. The number of methoxy groups -OCH3 is 3. The van der Waals surface area contributed by atoms with Crippen LogP contribution in [0.2, 0.25) is 0 Å². The number of hydrogen-bond donors (Lipinski definition) is 0. The summed E-state index contributed by atoms with van der Waals surface area (Å²) in [5, 5.41) is 1.49. The molecule has 1 aromatic heterocycles. The van der Waals surface area contributed by atoms with Gasteiger partial charge in [-0.2, -0.15) is 0 Å². The second-order valence-electron chi connectivity index (χ2n) is 9.51. The van der Waals surface area contributed by atoms with Crippen molar-refractivity contribution >= 4 is 39.4 Å². The largest absolute Gasteiger partial charge is 0.493 e. The van der Waals surface area contributed by atoms with Crippen molar-refractivity contribution in [2.24, 2.45) is 4.99 Å². The normalized spacial score (nSPS) is 16.1. The predicted molar refractivity (Wildman–Crippen MR) is 158 cm³/mol. The van der Waals surface area contributed by atoms with E-state index in [2.05, 4.69) is 19.9 Å². The summed E-state index contributed by atoms with van der Waals surface area (Å²) in [5.41, 5.74) is 5.79. The maximum Gasteiger partial charge on any atom is 0.260 e. The van der Waals surface area contributed by atoms with E-state index in [9.17, 15) is 4.79 Å². The number of nitrogens with zero attached hydrogens (tertiary/aromatic N) is 3. The Balaban J connectivity index is 1.64. The zero-order valence-corrected chi connectivity index (χ0v) is 23.8. The number of aryl methyl sites for hydroxylation is 2. The van der Waals surface area contributed by atoms with E-state index < -0.39 is 0 Å². The maximum absolute atomic E-state index is 14.3. The Bertz CT molecular complexity index is 1580. The lowest BCUT2D eigenvalue weighted by atomic mass is 10.0. The average molecular weight is 542 g/mol. The molecular weight excluding hydrogens is 510 g/mol. The summed E-state index contributed by atoms with van der Waals surface area (Å²) in [6.07, 6.45) is 0. The Hall–Kier alpha value is -4.04. The van der Waals surface area contributed by atoms with E-state index >= 15 is 0 Å². The Morgan fingerprint density at radius 2 is 1.69 bits per heavy atom. The molecule has 0 N–H and O–H groups in total. The lowest BCUT2D eigenvalue weighted by Gasteiger charge is -2.22. The van der Waals surface area contributed by atoms with Crippen LogP contribution in [0.1, 0.15) is 28.4 Å². The van der Waals surface area contributed by atoms with Crippen LogP contribution in [0.25, 0.3) is 22.2 Å². The number of aromatic nitrogens is 1. The molecule has 0 radical (unpaired) electrons. The molecule has 39 heavy (non-hydrogen) atoms. The summed E-state index contributed by atoms with van der Waals surface area (Å²) in [4.78, 5) is 25.9. The SMILES string of the molecule is COc1cc(-c2cc(C(=O)N3C(=Nc4ccc(C)cc4C)SC[C@H]3C)c3ccccc3n2)cc(OC)c1OC. The zero-order chi connectivity index (χ0) is 27.7. The summed E-state index contributed by atoms with van der Waals surface area (Å²) >= 11 is 1.60. The molecule has 8 heteroatoms. The quantitative estimate of drug-likeness (QED) is 0.267. The highest BCUT2D eigenvalue weighted by molar-refractivity contribution is 8.14. The highest BCUT2D eigenvalue weighted by atomic mass is 32.2. The minimum atomic E-state index is -0.108. The molecule has 7 nitrogen and oxygen atoms in total. The van der Waals surface area contributed by atoms with Crippen LogP contribution in [-0.2, 0) is 0 Å². The van der Waals surface area contributed by atoms with Crippen molar-refractivity contribution in [3.8, 4) is 28.5 Å². The van der Waals surface area contributed by atoms with Gasteiger partial charge in [0.05, 0.1) is 43.8 Å². The first-order chi connectivity index (χ1) is 18.8. The number of carbonyl (C=O) groups excluding carboxylic acids is 1. The Kier molecular flexibility index (Phi) is 7.48. The summed E-state index contributed by atoms with van der Waals surface area (Å²) in [5.74, 6) is 2.20. The van der Waals surface area contributed by atoms with Crippen LogP contribution < -0.4 is 14.2 Å². The summed E-state index contributed by atoms with van der Waals surface area (Å²) < 4.78 is 16.6. The standard InChI is InChI=1S/C31H31N3O4S/c1-18-11-12-24(19(2)13-18)33-31-34(20(3)17-39-31)30(35)23-16-26(32-25-10-8-7-9-22(23)25)21-14-27(36-4)29(38-6)28(15-21)37-5/h7-16,20H,17H2,1-6H3/t20-/m1/s1. The topological polar surface area (TPSA) is 73.2 Å². The van der Waals surface area contributed by atoms with Crippen LogP contribution in [0.4, 0.5) is 5.69 Å². The third-order valence-corrected chi connectivity index (χ3v) is 7.99. The highest BCUT2D eigenvalue weighted by Gasteiger charge is 2.34. The molecule has 0 saturated carbocycles. The number of carbonyl (C=O) groups is 1. The van der Waals surface area contributed by atoms with Crippen LogP contribution in [0.5, 0.6) is 17.2 Å². The molecule has 200 valence electrons. The highest BCUT2D eigenvalue weighted by Crippen LogP contribution is 2.41. The zero-order valence-electron chi connectivity index (χ0n) is 22.9. The fraction of sp³-hybridized carbons (Fsp3) is 0.258. The van der Waals surface area contributed by atoms with Crippen LogP contribution in [-0.4, -0.2) is 54.1 Å². The summed E-state index contributed by atoms with van der Waals surface area (Å²) in [6, 6.07) is 19.4. The van der Waals surface area contributed by atoms with Crippen molar-refractivity contribution < 1.29 is 19.0 Å². The van der Waals surface area contributed by atoms with Gasteiger partial charge in [0, 0.05) is 22.7 Å². The minimum Gasteiger partial charge on any atom is -0.493 e.